The summed E-state index contributed by atoms with van der Waals surface area (Å²) in [4.78, 5) is 14.0. The molecule has 0 spiro atoms. The van der Waals surface area contributed by atoms with Gasteiger partial charge in [0.2, 0.25) is 5.91 Å². The van der Waals surface area contributed by atoms with Crippen LogP contribution in [-0.4, -0.2) is 50.2 Å². The molecule has 1 saturated heterocycles. The Kier molecular flexibility index (Phi) is 6.77. The number of amides is 1. The molecule has 1 aliphatic rings. The summed E-state index contributed by atoms with van der Waals surface area (Å²) in [6.45, 7) is 4.76. The monoisotopic (exact) mass is 330 g/mol. The summed E-state index contributed by atoms with van der Waals surface area (Å²) in [7, 11) is 0. The van der Waals surface area contributed by atoms with E-state index in [0.29, 0.717) is 23.0 Å². The van der Waals surface area contributed by atoms with Crippen LogP contribution in [0.3, 0.4) is 0 Å². The van der Waals surface area contributed by atoms with Gasteiger partial charge in [0.15, 0.2) is 0 Å². The summed E-state index contributed by atoms with van der Waals surface area (Å²) >= 11 is 11.8. The number of halogens is 2. The zero-order valence-electron chi connectivity index (χ0n) is 11.9. The number of ether oxygens (including phenoxy) is 1. The number of hydrogen-bond donors (Lipinski definition) is 1. The summed E-state index contributed by atoms with van der Waals surface area (Å²) in [6, 6.07) is 5.54. The van der Waals surface area contributed by atoms with E-state index in [9.17, 15) is 4.79 Å². The third-order valence-corrected chi connectivity index (χ3v) is 4.22. The molecular formula is C15H20Cl2N2O2. The van der Waals surface area contributed by atoms with E-state index in [4.69, 9.17) is 27.9 Å². The number of morpholine rings is 1. The highest BCUT2D eigenvalue weighted by Gasteiger charge is 2.11. The lowest BCUT2D eigenvalue weighted by atomic mass is 10.1. The Bertz CT molecular complexity index is 477. The van der Waals surface area contributed by atoms with Crippen molar-refractivity contribution in [1.29, 1.82) is 0 Å². The fourth-order valence-corrected chi connectivity index (χ4v) is 2.53. The lowest BCUT2D eigenvalue weighted by Gasteiger charge is -2.26. The van der Waals surface area contributed by atoms with Gasteiger partial charge < -0.3 is 10.1 Å². The number of carbonyl (C=O) groups is 1. The second-order valence-corrected chi connectivity index (χ2v) is 5.87. The lowest BCUT2D eigenvalue weighted by Crippen LogP contribution is -2.39. The number of benzene rings is 1. The van der Waals surface area contributed by atoms with Crippen LogP contribution in [0.5, 0.6) is 0 Å². The van der Waals surface area contributed by atoms with Crippen LogP contribution in [0.25, 0.3) is 0 Å². The maximum atomic E-state index is 11.8. The molecule has 1 amide bonds. The van der Waals surface area contributed by atoms with Crippen LogP contribution >= 0.6 is 23.2 Å². The average molecular weight is 331 g/mol. The van der Waals surface area contributed by atoms with E-state index in [2.05, 4.69) is 10.2 Å². The van der Waals surface area contributed by atoms with Crippen LogP contribution in [0.1, 0.15) is 12.0 Å². The molecule has 1 aliphatic heterocycles. The zero-order valence-corrected chi connectivity index (χ0v) is 13.4. The summed E-state index contributed by atoms with van der Waals surface area (Å²) in [5.74, 6) is 0.0848. The Hall–Kier alpha value is -0.810. The van der Waals surface area contributed by atoms with Gasteiger partial charge >= 0.3 is 0 Å². The Morgan fingerprint density at radius 3 is 2.71 bits per heavy atom. The van der Waals surface area contributed by atoms with E-state index >= 15 is 0 Å². The first-order valence-electron chi connectivity index (χ1n) is 7.16. The van der Waals surface area contributed by atoms with Crippen LogP contribution in [-0.2, 0) is 16.0 Å². The molecule has 21 heavy (non-hydrogen) atoms. The van der Waals surface area contributed by atoms with Crippen molar-refractivity contribution < 1.29 is 9.53 Å². The zero-order chi connectivity index (χ0) is 15.1. The van der Waals surface area contributed by atoms with E-state index in [1.54, 1.807) is 6.07 Å². The minimum atomic E-state index is 0.0848. The largest absolute Gasteiger partial charge is 0.379 e. The number of hydrogen-bond acceptors (Lipinski definition) is 3. The number of nitrogens with zero attached hydrogens (tertiary/aromatic N) is 1. The van der Waals surface area contributed by atoms with Crippen molar-refractivity contribution >= 4 is 29.1 Å². The van der Waals surface area contributed by atoms with Crippen molar-refractivity contribution in [2.45, 2.75) is 12.8 Å². The normalized spacial score (nSPS) is 15.9. The topological polar surface area (TPSA) is 41.6 Å². The molecule has 1 N–H and O–H groups in total. The molecule has 4 nitrogen and oxygen atoms in total. The van der Waals surface area contributed by atoms with E-state index < -0.39 is 0 Å². The van der Waals surface area contributed by atoms with Gasteiger partial charge in [-0.1, -0.05) is 29.3 Å². The second-order valence-electron chi connectivity index (χ2n) is 5.05. The van der Waals surface area contributed by atoms with E-state index in [1.165, 1.54) is 0 Å². The SMILES string of the molecule is O=C(CCN1CCOCC1)NCCc1ccc(Cl)c(Cl)c1. The maximum absolute atomic E-state index is 11.8. The highest BCUT2D eigenvalue weighted by molar-refractivity contribution is 6.42. The average Bonchev–Trinajstić information content (AvgIpc) is 2.50. The molecule has 116 valence electrons. The van der Waals surface area contributed by atoms with Gasteiger partial charge in [0.1, 0.15) is 0 Å². The van der Waals surface area contributed by atoms with Gasteiger partial charge in [-0.05, 0) is 24.1 Å². The highest BCUT2D eigenvalue weighted by Crippen LogP contribution is 2.22. The molecule has 6 heteroatoms. The molecule has 0 unspecified atom stereocenters. The van der Waals surface area contributed by atoms with Gasteiger partial charge in [0.25, 0.3) is 0 Å². The van der Waals surface area contributed by atoms with Gasteiger partial charge in [-0.3, -0.25) is 9.69 Å². The van der Waals surface area contributed by atoms with E-state index in [1.807, 2.05) is 12.1 Å². The number of rotatable bonds is 6. The first kappa shape index (κ1) is 16.6. The molecule has 2 rings (SSSR count). The molecule has 0 atom stereocenters. The molecule has 1 aromatic carbocycles. The van der Waals surface area contributed by atoms with Gasteiger partial charge in [0, 0.05) is 32.6 Å². The van der Waals surface area contributed by atoms with E-state index in [0.717, 1.165) is 44.8 Å². The fraction of sp³-hybridized carbons (Fsp3) is 0.533. The van der Waals surface area contributed by atoms with Crippen LogP contribution in [0.15, 0.2) is 18.2 Å². The van der Waals surface area contributed by atoms with Crippen molar-refractivity contribution in [2.24, 2.45) is 0 Å². The molecule has 0 saturated carbocycles. The van der Waals surface area contributed by atoms with Crippen molar-refractivity contribution in [3.05, 3.63) is 33.8 Å². The van der Waals surface area contributed by atoms with Crippen molar-refractivity contribution in [1.82, 2.24) is 10.2 Å². The standard InChI is InChI=1S/C15H20Cl2N2O2/c16-13-2-1-12(11-14(13)17)3-5-18-15(20)4-6-19-7-9-21-10-8-19/h1-2,11H,3-10H2,(H,18,20). The Morgan fingerprint density at radius 2 is 2.00 bits per heavy atom. The molecule has 0 bridgehead atoms. The quantitative estimate of drug-likeness (QED) is 0.870. The van der Waals surface area contributed by atoms with Crippen molar-refractivity contribution in [2.75, 3.05) is 39.4 Å². The summed E-state index contributed by atoms with van der Waals surface area (Å²) in [5, 5.41) is 4.03. The Morgan fingerprint density at radius 1 is 1.24 bits per heavy atom. The fourth-order valence-electron chi connectivity index (χ4n) is 2.21. The van der Waals surface area contributed by atoms with Crippen LogP contribution < -0.4 is 5.32 Å². The predicted octanol–water partition coefficient (Wildman–Crippen LogP) is 2.37. The van der Waals surface area contributed by atoms with E-state index in [-0.39, 0.29) is 5.91 Å². The molecule has 1 aromatic rings. The Balaban J connectivity index is 1.63. The molecule has 1 heterocycles. The molecular weight excluding hydrogens is 311 g/mol. The van der Waals surface area contributed by atoms with Gasteiger partial charge in [-0.25, -0.2) is 0 Å². The molecule has 1 fully saturated rings. The lowest BCUT2D eigenvalue weighted by molar-refractivity contribution is -0.121. The molecule has 0 aromatic heterocycles. The minimum Gasteiger partial charge on any atom is -0.379 e. The maximum Gasteiger partial charge on any atom is 0.221 e. The number of nitrogens with one attached hydrogen (secondary N) is 1. The first-order valence-corrected chi connectivity index (χ1v) is 7.91. The second kappa shape index (κ2) is 8.59. The predicted molar refractivity (Wildman–Crippen MR) is 85.1 cm³/mol. The third-order valence-electron chi connectivity index (χ3n) is 3.48. The first-order chi connectivity index (χ1) is 10.1. The van der Waals surface area contributed by atoms with Crippen molar-refractivity contribution in [3.63, 3.8) is 0 Å². The summed E-state index contributed by atoms with van der Waals surface area (Å²) < 4.78 is 5.28. The van der Waals surface area contributed by atoms with Crippen LogP contribution in [0.4, 0.5) is 0 Å². The smallest absolute Gasteiger partial charge is 0.221 e. The van der Waals surface area contributed by atoms with Crippen LogP contribution in [0.2, 0.25) is 10.0 Å². The van der Waals surface area contributed by atoms with Crippen molar-refractivity contribution in [3.8, 4) is 0 Å². The van der Waals surface area contributed by atoms with Crippen LogP contribution in [0, 0.1) is 0 Å². The third kappa shape index (κ3) is 5.83. The summed E-state index contributed by atoms with van der Waals surface area (Å²) in [6.07, 6.45) is 1.28. The Labute approximate surface area is 135 Å². The summed E-state index contributed by atoms with van der Waals surface area (Å²) in [5.41, 5.74) is 1.07. The van der Waals surface area contributed by atoms with Gasteiger partial charge in [-0.2, -0.15) is 0 Å². The van der Waals surface area contributed by atoms with Gasteiger partial charge in [0.05, 0.1) is 23.3 Å². The molecule has 0 aliphatic carbocycles. The van der Waals surface area contributed by atoms with Gasteiger partial charge in [-0.15, -0.1) is 0 Å². The number of carbonyl (C=O) groups excluding carboxylic acids is 1. The molecule has 0 radical (unpaired) electrons. The minimum absolute atomic E-state index is 0.0848. The highest BCUT2D eigenvalue weighted by atomic mass is 35.5.